The van der Waals surface area contributed by atoms with Crippen molar-refractivity contribution in [1.29, 1.82) is 0 Å². The summed E-state index contributed by atoms with van der Waals surface area (Å²) in [4.78, 5) is 26.3. The topological polar surface area (TPSA) is 53.9 Å². The second-order valence-electron chi connectivity index (χ2n) is 5.64. The summed E-state index contributed by atoms with van der Waals surface area (Å²) in [5.41, 5.74) is 2.35. The molecule has 0 aromatic heterocycles. The Balaban J connectivity index is 1.73. The zero-order valence-electron chi connectivity index (χ0n) is 12.8. The highest BCUT2D eigenvalue weighted by molar-refractivity contribution is 5.77. The van der Waals surface area contributed by atoms with Crippen molar-refractivity contribution in [2.45, 2.75) is 20.4 Å². The molecule has 114 valence electrons. The minimum Gasteiger partial charge on any atom is -0.347 e. The van der Waals surface area contributed by atoms with Crippen molar-refractivity contribution in [3.63, 3.8) is 0 Å². The molecule has 2 rings (SSSR count). The number of quaternary nitrogens is 1. The first-order valence-electron chi connectivity index (χ1n) is 7.46. The maximum atomic E-state index is 12.0. The Morgan fingerprint density at radius 3 is 2.52 bits per heavy atom. The first-order chi connectivity index (χ1) is 10.1. The molecule has 1 aromatic rings. The fraction of sp³-hybridized carbons (Fsp3) is 0.500. The van der Waals surface area contributed by atoms with E-state index in [2.05, 4.69) is 5.32 Å². The molecule has 0 radical (unpaired) electrons. The third kappa shape index (κ3) is 4.56. The van der Waals surface area contributed by atoms with Crippen LogP contribution in [0.2, 0.25) is 0 Å². The summed E-state index contributed by atoms with van der Waals surface area (Å²) >= 11 is 0. The standard InChI is InChI=1S/C16H23N3O2/c1-13-5-3-4-6-15(13)11-17-16(21)12-18-7-9-19(10-8-18)14(2)20/h3-6H,7-12H2,1-2H3,(H,17,21)/p+1. The number of aryl methyl sites for hydroxylation is 1. The summed E-state index contributed by atoms with van der Waals surface area (Å²) in [7, 11) is 0. The van der Waals surface area contributed by atoms with E-state index in [0.717, 1.165) is 31.7 Å². The summed E-state index contributed by atoms with van der Waals surface area (Å²) in [5, 5.41) is 2.98. The molecule has 5 heteroatoms. The number of hydrogen-bond acceptors (Lipinski definition) is 2. The average Bonchev–Trinajstić information content (AvgIpc) is 2.47. The van der Waals surface area contributed by atoms with Crippen LogP contribution in [0, 0.1) is 6.92 Å². The van der Waals surface area contributed by atoms with Crippen molar-refractivity contribution in [2.24, 2.45) is 0 Å². The maximum absolute atomic E-state index is 12.0. The number of hydrogen-bond donors (Lipinski definition) is 2. The van der Waals surface area contributed by atoms with Gasteiger partial charge in [-0.05, 0) is 18.1 Å². The van der Waals surface area contributed by atoms with Gasteiger partial charge in [-0.25, -0.2) is 0 Å². The molecule has 2 amide bonds. The molecule has 0 bridgehead atoms. The fourth-order valence-electron chi connectivity index (χ4n) is 2.61. The summed E-state index contributed by atoms with van der Waals surface area (Å²) < 4.78 is 0. The van der Waals surface area contributed by atoms with E-state index in [0.29, 0.717) is 13.1 Å². The molecule has 1 heterocycles. The maximum Gasteiger partial charge on any atom is 0.275 e. The summed E-state index contributed by atoms with van der Waals surface area (Å²) in [5.74, 6) is 0.197. The first kappa shape index (κ1) is 15.5. The van der Waals surface area contributed by atoms with E-state index in [4.69, 9.17) is 0 Å². The van der Waals surface area contributed by atoms with Gasteiger partial charge in [0.2, 0.25) is 5.91 Å². The van der Waals surface area contributed by atoms with Crippen molar-refractivity contribution in [2.75, 3.05) is 32.7 Å². The van der Waals surface area contributed by atoms with Crippen molar-refractivity contribution < 1.29 is 14.5 Å². The Morgan fingerprint density at radius 1 is 1.24 bits per heavy atom. The van der Waals surface area contributed by atoms with E-state index in [9.17, 15) is 9.59 Å². The summed E-state index contributed by atoms with van der Waals surface area (Å²) in [6, 6.07) is 8.07. The molecular formula is C16H24N3O2+. The Bertz CT molecular complexity index is 508. The molecule has 1 aromatic carbocycles. The Hall–Kier alpha value is -1.88. The largest absolute Gasteiger partial charge is 0.347 e. The molecule has 1 fully saturated rings. The van der Waals surface area contributed by atoms with E-state index in [1.807, 2.05) is 36.1 Å². The van der Waals surface area contributed by atoms with Gasteiger partial charge < -0.3 is 15.1 Å². The Morgan fingerprint density at radius 2 is 1.90 bits per heavy atom. The first-order valence-corrected chi connectivity index (χ1v) is 7.46. The van der Waals surface area contributed by atoms with Crippen LogP contribution in [0.15, 0.2) is 24.3 Å². The van der Waals surface area contributed by atoms with Crippen LogP contribution in [0.1, 0.15) is 18.1 Å². The number of benzene rings is 1. The SMILES string of the molecule is CC(=O)N1CC[NH+](CC(=O)NCc2ccccc2C)CC1. The van der Waals surface area contributed by atoms with Gasteiger partial charge in [-0.1, -0.05) is 24.3 Å². The second kappa shape index (κ2) is 7.22. The van der Waals surface area contributed by atoms with E-state index < -0.39 is 0 Å². The van der Waals surface area contributed by atoms with Crippen LogP contribution in [0.4, 0.5) is 0 Å². The highest BCUT2D eigenvalue weighted by Gasteiger charge is 2.23. The van der Waals surface area contributed by atoms with Crippen molar-refractivity contribution in [3.05, 3.63) is 35.4 Å². The molecular weight excluding hydrogens is 266 g/mol. The van der Waals surface area contributed by atoms with Gasteiger partial charge in [0.25, 0.3) is 5.91 Å². The third-order valence-electron chi connectivity index (χ3n) is 4.06. The molecule has 0 aliphatic carbocycles. The van der Waals surface area contributed by atoms with Gasteiger partial charge in [-0.2, -0.15) is 0 Å². The van der Waals surface area contributed by atoms with Crippen LogP contribution in [0.3, 0.4) is 0 Å². The van der Waals surface area contributed by atoms with Crippen LogP contribution in [-0.2, 0) is 16.1 Å². The van der Waals surface area contributed by atoms with Gasteiger partial charge in [0.1, 0.15) is 0 Å². The summed E-state index contributed by atoms with van der Waals surface area (Å²) in [6.45, 7) is 7.89. The summed E-state index contributed by atoms with van der Waals surface area (Å²) in [6.07, 6.45) is 0. The lowest BCUT2D eigenvalue weighted by molar-refractivity contribution is -0.896. The van der Waals surface area contributed by atoms with Gasteiger partial charge in [-0.3, -0.25) is 9.59 Å². The van der Waals surface area contributed by atoms with Gasteiger partial charge in [0, 0.05) is 13.5 Å². The molecule has 1 saturated heterocycles. The number of nitrogens with one attached hydrogen (secondary N) is 2. The van der Waals surface area contributed by atoms with Crippen LogP contribution in [-0.4, -0.2) is 49.4 Å². The predicted molar refractivity (Wildman–Crippen MR) is 80.8 cm³/mol. The number of carbonyl (C=O) groups excluding carboxylic acids is 2. The molecule has 0 spiro atoms. The lowest BCUT2D eigenvalue weighted by Gasteiger charge is -2.31. The van der Waals surface area contributed by atoms with Crippen LogP contribution in [0.25, 0.3) is 0 Å². The van der Waals surface area contributed by atoms with Crippen LogP contribution >= 0.6 is 0 Å². The van der Waals surface area contributed by atoms with Gasteiger partial charge >= 0.3 is 0 Å². The molecule has 0 saturated carbocycles. The second-order valence-corrected chi connectivity index (χ2v) is 5.64. The molecule has 1 aliphatic heterocycles. The average molecular weight is 290 g/mol. The van der Waals surface area contributed by atoms with E-state index in [-0.39, 0.29) is 11.8 Å². The van der Waals surface area contributed by atoms with Crippen molar-refractivity contribution in [3.8, 4) is 0 Å². The quantitative estimate of drug-likeness (QED) is 0.775. The van der Waals surface area contributed by atoms with E-state index in [1.165, 1.54) is 10.5 Å². The smallest absolute Gasteiger partial charge is 0.275 e. The number of piperazine rings is 1. The minimum absolute atomic E-state index is 0.0736. The molecule has 21 heavy (non-hydrogen) atoms. The Labute approximate surface area is 125 Å². The highest BCUT2D eigenvalue weighted by atomic mass is 16.2. The van der Waals surface area contributed by atoms with Crippen LogP contribution in [0.5, 0.6) is 0 Å². The number of amides is 2. The molecule has 2 N–H and O–H groups in total. The van der Waals surface area contributed by atoms with Crippen molar-refractivity contribution >= 4 is 11.8 Å². The third-order valence-corrected chi connectivity index (χ3v) is 4.06. The molecule has 5 nitrogen and oxygen atoms in total. The zero-order chi connectivity index (χ0) is 15.2. The molecule has 0 unspecified atom stereocenters. The molecule has 1 aliphatic rings. The molecule has 0 atom stereocenters. The normalized spacial score (nSPS) is 15.8. The fourth-order valence-corrected chi connectivity index (χ4v) is 2.61. The van der Waals surface area contributed by atoms with E-state index in [1.54, 1.807) is 6.92 Å². The zero-order valence-corrected chi connectivity index (χ0v) is 12.8. The number of nitrogens with zero attached hydrogens (tertiary/aromatic N) is 1. The van der Waals surface area contributed by atoms with Gasteiger partial charge in [0.15, 0.2) is 6.54 Å². The van der Waals surface area contributed by atoms with Crippen LogP contribution < -0.4 is 10.2 Å². The van der Waals surface area contributed by atoms with Crippen molar-refractivity contribution in [1.82, 2.24) is 10.2 Å². The number of carbonyl (C=O) groups is 2. The minimum atomic E-state index is 0.0736. The van der Waals surface area contributed by atoms with Gasteiger partial charge in [0.05, 0.1) is 26.2 Å². The predicted octanol–water partition coefficient (Wildman–Crippen LogP) is -0.642. The Kier molecular flexibility index (Phi) is 5.33. The van der Waals surface area contributed by atoms with E-state index >= 15 is 0 Å². The monoisotopic (exact) mass is 290 g/mol. The lowest BCUT2D eigenvalue weighted by atomic mass is 10.1. The lowest BCUT2D eigenvalue weighted by Crippen LogP contribution is -3.15. The highest BCUT2D eigenvalue weighted by Crippen LogP contribution is 2.05. The van der Waals surface area contributed by atoms with Gasteiger partial charge in [-0.15, -0.1) is 0 Å². The number of rotatable bonds is 4.